The van der Waals surface area contributed by atoms with Crippen molar-refractivity contribution < 1.29 is 14.3 Å². The minimum Gasteiger partial charge on any atom is -0.383 e. The Kier molecular flexibility index (Phi) is 4.22. The van der Waals surface area contributed by atoms with Gasteiger partial charge in [0, 0.05) is 23.6 Å². The van der Waals surface area contributed by atoms with Crippen LogP contribution in [0, 0.1) is 17.1 Å². The highest BCUT2D eigenvalue weighted by Gasteiger charge is 2.45. The van der Waals surface area contributed by atoms with Crippen molar-refractivity contribution in [2.24, 2.45) is 0 Å². The van der Waals surface area contributed by atoms with Gasteiger partial charge in [0.15, 0.2) is 5.13 Å². The van der Waals surface area contributed by atoms with E-state index in [0.717, 1.165) is 0 Å². The monoisotopic (exact) mass is 383 g/mol. The van der Waals surface area contributed by atoms with Crippen LogP contribution in [0.5, 0.6) is 0 Å². The highest BCUT2D eigenvalue weighted by Crippen LogP contribution is 2.45. The first-order chi connectivity index (χ1) is 13.0. The summed E-state index contributed by atoms with van der Waals surface area (Å²) in [6, 6.07) is 5.60. The average Bonchev–Trinajstić information content (AvgIpc) is 3.35. The fourth-order valence-corrected chi connectivity index (χ4v) is 3.99. The summed E-state index contributed by atoms with van der Waals surface area (Å²) in [7, 11) is 0. The Hall–Kier alpha value is -3.09. The topological polar surface area (TPSA) is 104 Å². The van der Waals surface area contributed by atoms with E-state index < -0.39 is 17.5 Å². The second-order valence-corrected chi connectivity index (χ2v) is 7.24. The maximum Gasteiger partial charge on any atom is 0.229 e. The molecule has 0 saturated carbocycles. The fourth-order valence-electron chi connectivity index (χ4n) is 3.44. The normalized spacial score (nSPS) is 20.9. The van der Waals surface area contributed by atoms with Gasteiger partial charge in [0.05, 0.1) is 42.3 Å². The number of fused-ring (bicyclic) bond motifs is 1. The van der Waals surface area contributed by atoms with Crippen molar-refractivity contribution in [3.05, 3.63) is 64.9 Å². The van der Waals surface area contributed by atoms with Gasteiger partial charge in [-0.25, -0.2) is 14.4 Å². The number of rotatable bonds is 4. The second kappa shape index (κ2) is 6.57. The van der Waals surface area contributed by atoms with E-state index >= 15 is 0 Å². The molecule has 0 aliphatic carbocycles. The predicted octanol–water partition coefficient (Wildman–Crippen LogP) is 2.56. The van der Waals surface area contributed by atoms with E-state index in [1.807, 2.05) is 6.07 Å². The summed E-state index contributed by atoms with van der Waals surface area (Å²) in [4.78, 5) is 20.4. The highest BCUT2D eigenvalue weighted by atomic mass is 32.1. The lowest BCUT2D eigenvalue weighted by molar-refractivity contribution is -0.121. The molecule has 1 aliphatic heterocycles. The number of halogens is 1. The van der Waals surface area contributed by atoms with Crippen LogP contribution in [0.4, 0.5) is 9.52 Å². The molecule has 0 spiro atoms. The molecule has 1 aliphatic rings. The number of aliphatic hydroxyl groups is 1. The lowest BCUT2D eigenvalue weighted by Crippen LogP contribution is -2.29. The van der Waals surface area contributed by atoms with Crippen molar-refractivity contribution in [2.45, 2.75) is 24.5 Å². The summed E-state index contributed by atoms with van der Waals surface area (Å²) in [6.45, 7) is 0. The van der Waals surface area contributed by atoms with Gasteiger partial charge in [0.25, 0.3) is 0 Å². The first kappa shape index (κ1) is 17.3. The number of nitriles is 1. The van der Waals surface area contributed by atoms with Crippen molar-refractivity contribution in [2.75, 3.05) is 5.32 Å². The Labute approximate surface area is 157 Å². The van der Waals surface area contributed by atoms with E-state index in [1.165, 1.54) is 42.1 Å². The van der Waals surface area contributed by atoms with Gasteiger partial charge >= 0.3 is 0 Å². The molecule has 7 nitrogen and oxygen atoms in total. The Bertz CT molecular complexity index is 1040. The molecule has 136 valence electrons. The second-order valence-electron chi connectivity index (χ2n) is 6.35. The van der Waals surface area contributed by atoms with Crippen LogP contribution in [-0.4, -0.2) is 25.5 Å². The standard InChI is InChI=1S/C18H14FN5O2S/c19-13-5-11(8-20)1-2-12(13)14-6-18(26,15-9-21-10-24(14)15)7-16(25)23-17-22-3-4-27-17/h1-5,9-10,14,26H,6-7H2,(H,22,23,25)/t14-,18+/m1/s1. The quantitative estimate of drug-likeness (QED) is 0.721. The molecule has 0 radical (unpaired) electrons. The maximum atomic E-state index is 14.5. The largest absolute Gasteiger partial charge is 0.383 e. The van der Waals surface area contributed by atoms with E-state index in [0.29, 0.717) is 16.4 Å². The van der Waals surface area contributed by atoms with Crippen LogP contribution in [0.25, 0.3) is 0 Å². The number of thiazole rings is 1. The molecule has 3 heterocycles. The van der Waals surface area contributed by atoms with Gasteiger partial charge in [-0.15, -0.1) is 11.3 Å². The van der Waals surface area contributed by atoms with Crippen molar-refractivity contribution in [3.8, 4) is 6.07 Å². The first-order valence-electron chi connectivity index (χ1n) is 8.14. The van der Waals surface area contributed by atoms with E-state index in [-0.39, 0.29) is 24.3 Å². The minimum absolute atomic E-state index is 0.124. The molecule has 2 atom stereocenters. The first-order valence-corrected chi connectivity index (χ1v) is 9.02. The van der Waals surface area contributed by atoms with Crippen molar-refractivity contribution in [1.29, 1.82) is 5.26 Å². The van der Waals surface area contributed by atoms with Crippen LogP contribution >= 0.6 is 11.3 Å². The summed E-state index contributed by atoms with van der Waals surface area (Å²) < 4.78 is 16.2. The number of benzene rings is 1. The SMILES string of the molecule is N#Cc1ccc([C@H]2C[C@](O)(CC(=O)Nc3nccs3)c3cncn32)c(F)c1. The summed E-state index contributed by atoms with van der Waals surface area (Å²) in [6.07, 6.45) is 4.49. The molecular formula is C18H14FN5O2S. The maximum absolute atomic E-state index is 14.5. The van der Waals surface area contributed by atoms with Gasteiger partial charge in [-0.1, -0.05) is 6.07 Å². The lowest BCUT2D eigenvalue weighted by atomic mass is 9.90. The van der Waals surface area contributed by atoms with Crippen LogP contribution < -0.4 is 5.32 Å². The van der Waals surface area contributed by atoms with E-state index in [2.05, 4.69) is 15.3 Å². The fraction of sp³-hybridized carbons (Fsp3) is 0.222. The molecule has 0 unspecified atom stereocenters. The third-order valence-corrected chi connectivity index (χ3v) is 5.32. The highest BCUT2D eigenvalue weighted by molar-refractivity contribution is 7.13. The van der Waals surface area contributed by atoms with Crippen molar-refractivity contribution >= 4 is 22.4 Å². The molecular weight excluding hydrogens is 369 g/mol. The third kappa shape index (κ3) is 3.09. The zero-order valence-electron chi connectivity index (χ0n) is 14.0. The molecule has 1 aromatic carbocycles. The lowest BCUT2D eigenvalue weighted by Gasteiger charge is -2.21. The summed E-state index contributed by atoms with van der Waals surface area (Å²) in [5.41, 5.74) is -0.476. The number of anilines is 1. The van der Waals surface area contributed by atoms with Gasteiger partial charge in [-0.2, -0.15) is 5.26 Å². The molecule has 2 N–H and O–H groups in total. The number of hydrogen-bond acceptors (Lipinski definition) is 6. The summed E-state index contributed by atoms with van der Waals surface area (Å²) >= 11 is 1.28. The smallest absolute Gasteiger partial charge is 0.229 e. The Morgan fingerprint density at radius 1 is 1.56 bits per heavy atom. The van der Waals surface area contributed by atoms with Gasteiger partial charge in [-0.05, 0) is 12.1 Å². The zero-order chi connectivity index (χ0) is 19.0. The van der Waals surface area contributed by atoms with E-state index in [9.17, 15) is 14.3 Å². The number of amides is 1. The number of nitrogens with one attached hydrogen (secondary N) is 1. The molecule has 0 fully saturated rings. The van der Waals surface area contributed by atoms with Gasteiger partial charge in [-0.3, -0.25) is 4.79 Å². The van der Waals surface area contributed by atoms with Gasteiger partial charge < -0.3 is 15.0 Å². The molecule has 2 aromatic heterocycles. The molecule has 3 aromatic rings. The third-order valence-electron chi connectivity index (χ3n) is 4.63. The summed E-state index contributed by atoms with van der Waals surface area (Å²) in [5.74, 6) is -0.920. The van der Waals surface area contributed by atoms with Gasteiger partial charge in [0.2, 0.25) is 5.91 Å². The number of aromatic nitrogens is 3. The van der Waals surface area contributed by atoms with Crippen LogP contribution in [-0.2, 0) is 10.4 Å². The number of carbonyl (C=O) groups excluding carboxylic acids is 1. The van der Waals surface area contributed by atoms with E-state index in [4.69, 9.17) is 5.26 Å². The zero-order valence-corrected chi connectivity index (χ0v) is 14.8. The molecule has 0 saturated heterocycles. The molecule has 1 amide bonds. The average molecular weight is 383 g/mol. The van der Waals surface area contributed by atoms with Crippen LogP contribution in [0.1, 0.15) is 35.7 Å². The molecule has 27 heavy (non-hydrogen) atoms. The van der Waals surface area contributed by atoms with Crippen LogP contribution in [0.2, 0.25) is 0 Å². The molecule has 9 heteroatoms. The molecule has 4 rings (SSSR count). The van der Waals surface area contributed by atoms with Crippen molar-refractivity contribution in [3.63, 3.8) is 0 Å². The van der Waals surface area contributed by atoms with Gasteiger partial charge in [0.1, 0.15) is 11.4 Å². The Morgan fingerprint density at radius 2 is 2.41 bits per heavy atom. The number of carbonyl (C=O) groups is 1. The van der Waals surface area contributed by atoms with Crippen LogP contribution in [0.3, 0.4) is 0 Å². The van der Waals surface area contributed by atoms with Crippen LogP contribution in [0.15, 0.2) is 42.3 Å². The molecule has 0 bridgehead atoms. The van der Waals surface area contributed by atoms with E-state index in [1.54, 1.807) is 16.1 Å². The Balaban J connectivity index is 1.62. The minimum atomic E-state index is -1.48. The predicted molar refractivity (Wildman–Crippen MR) is 95.4 cm³/mol. The number of imidazole rings is 1. The Morgan fingerprint density at radius 3 is 3.11 bits per heavy atom. The van der Waals surface area contributed by atoms with Crippen molar-refractivity contribution in [1.82, 2.24) is 14.5 Å². The number of nitrogens with zero attached hydrogens (tertiary/aromatic N) is 4. The summed E-state index contributed by atoms with van der Waals surface area (Å²) in [5, 5.41) is 24.9. The number of hydrogen-bond donors (Lipinski definition) is 2.